The molecule has 1 unspecified atom stereocenters. The Morgan fingerprint density at radius 2 is 1.80 bits per heavy atom. The molecule has 1 atom stereocenters. The molecule has 0 fully saturated rings. The minimum atomic E-state index is -0.975. The van der Waals surface area contributed by atoms with E-state index in [4.69, 9.17) is 16.6 Å². The molecule has 0 aliphatic rings. The van der Waals surface area contributed by atoms with Crippen molar-refractivity contribution >= 4 is 17.7 Å². The Morgan fingerprint density at radius 3 is 2.20 bits per heavy atom. The Kier molecular flexibility index (Phi) is 4.60. The number of urea groups is 1. The quantitative estimate of drug-likeness (QED) is 0.713. The third kappa shape index (κ3) is 3.40. The number of carbonyl (C=O) groups excluding carboxylic acids is 1. The Hall–Kier alpha value is -2.24. The van der Waals surface area contributed by atoms with E-state index in [2.05, 4.69) is 0 Å². The summed E-state index contributed by atoms with van der Waals surface area (Å²) in [7, 11) is 0. The van der Waals surface area contributed by atoms with Crippen LogP contribution in [0.2, 0.25) is 0 Å². The monoisotopic (exact) mass is 279 g/mol. The van der Waals surface area contributed by atoms with Crippen LogP contribution in [-0.2, 0) is 10.3 Å². The normalized spacial score (nSPS) is 12.8. The number of amides is 2. The van der Waals surface area contributed by atoms with Crippen molar-refractivity contribution in [2.75, 3.05) is 5.73 Å². The van der Waals surface area contributed by atoms with Crippen LogP contribution in [0.4, 0.5) is 10.5 Å². The molecule has 0 bridgehead atoms. The number of benzene rings is 1. The second-order valence-electron chi connectivity index (χ2n) is 5.34. The minimum absolute atomic E-state index is 0.165. The van der Waals surface area contributed by atoms with E-state index >= 15 is 0 Å². The third-order valence-electron chi connectivity index (χ3n) is 3.37. The molecule has 0 saturated heterocycles. The summed E-state index contributed by atoms with van der Waals surface area (Å²) in [6.45, 7) is 5.31. The topological polar surface area (TPSA) is 110 Å². The number of carboxylic acid groups (broad SMARTS) is 1. The van der Waals surface area contributed by atoms with Gasteiger partial charge in [0.1, 0.15) is 0 Å². The van der Waals surface area contributed by atoms with Crippen LogP contribution < -0.4 is 11.5 Å². The maximum absolute atomic E-state index is 11.7. The molecule has 0 aliphatic heterocycles. The molecule has 2 amide bonds. The molecule has 1 aromatic rings. The molecule has 0 radical (unpaired) electrons. The number of rotatable bonds is 5. The van der Waals surface area contributed by atoms with Gasteiger partial charge in [0.25, 0.3) is 0 Å². The van der Waals surface area contributed by atoms with E-state index in [9.17, 15) is 9.59 Å². The fourth-order valence-corrected chi connectivity index (χ4v) is 2.42. The van der Waals surface area contributed by atoms with Gasteiger partial charge < -0.3 is 21.5 Å². The summed E-state index contributed by atoms with van der Waals surface area (Å²) in [5.41, 5.74) is 11.8. The number of carboxylic acids is 1. The highest BCUT2D eigenvalue weighted by atomic mass is 16.4. The first-order valence-corrected chi connectivity index (χ1v) is 6.33. The molecule has 0 saturated carbocycles. The highest BCUT2D eigenvalue weighted by Gasteiger charge is 2.35. The van der Waals surface area contributed by atoms with E-state index < -0.39 is 23.6 Å². The number of hydrogen-bond acceptors (Lipinski definition) is 3. The molecule has 6 heteroatoms. The van der Waals surface area contributed by atoms with Crippen LogP contribution in [0.25, 0.3) is 0 Å². The lowest BCUT2D eigenvalue weighted by Gasteiger charge is -2.41. The van der Waals surface area contributed by atoms with Crippen LogP contribution >= 0.6 is 0 Å². The number of primary amides is 1. The number of anilines is 1. The smallest absolute Gasteiger partial charge is 0.315 e. The van der Waals surface area contributed by atoms with E-state index in [0.717, 1.165) is 5.56 Å². The maximum atomic E-state index is 11.7. The van der Waals surface area contributed by atoms with E-state index in [1.54, 1.807) is 31.2 Å². The maximum Gasteiger partial charge on any atom is 0.315 e. The van der Waals surface area contributed by atoms with Crippen LogP contribution in [0.3, 0.4) is 0 Å². The molecule has 0 heterocycles. The number of nitrogens with zero attached hydrogens (tertiary/aromatic N) is 1. The highest BCUT2D eigenvalue weighted by Crippen LogP contribution is 2.30. The van der Waals surface area contributed by atoms with Crippen LogP contribution in [-0.4, -0.2) is 28.0 Å². The molecule has 0 aliphatic carbocycles. The van der Waals surface area contributed by atoms with Crippen molar-refractivity contribution in [2.24, 2.45) is 5.73 Å². The van der Waals surface area contributed by atoms with Crippen molar-refractivity contribution in [3.05, 3.63) is 29.8 Å². The summed E-state index contributed by atoms with van der Waals surface area (Å²) in [4.78, 5) is 24.0. The first-order chi connectivity index (χ1) is 9.16. The summed E-state index contributed by atoms with van der Waals surface area (Å²) in [5, 5.41) is 8.89. The van der Waals surface area contributed by atoms with Crippen LogP contribution in [0.15, 0.2) is 24.3 Å². The SMILES string of the molecule is CC(CC(=O)O)N(C(N)=O)C(C)(C)c1ccc(N)cc1. The van der Waals surface area contributed by atoms with Gasteiger partial charge in [-0.05, 0) is 38.5 Å². The Bertz CT molecular complexity index is 497. The Balaban J connectivity index is 3.14. The van der Waals surface area contributed by atoms with Gasteiger partial charge in [-0.25, -0.2) is 4.79 Å². The van der Waals surface area contributed by atoms with Gasteiger partial charge in [-0.3, -0.25) is 4.79 Å². The fraction of sp³-hybridized carbons (Fsp3) is 0.429. The molecule has 1 rings (SSSR count). The molecule has 20 heavy (non-hydrogen) atoms. The van der Waals surface area contributed by atoms with Gasteiger partial charge >= 0.3 is 12.0 Å². The summed E-state index contributed by atoms with van der Waals surface area (Å²) in [6.07, 6.45) is -0.165. The Morgan fingerprint density at radius 1 is 1.30 bits per heavy atom. The largest absolute Gasteiger partial charge is 0.481 e. The second-order valence-corrected chi connectivity index (χ2v) is 5.34. The summed E-state index contributed by atoms with van der Waals surface area (Å²) in [5.74, 6) is -0.975. The van der Waals surface area contributed by atoms with Crippen molar-refractivity contribution in [1.29, 1.82) is 0 Å². The molecule has 5 N–H and O–H groups in total. The third-order valence-corrected chi connectivity index (χ3v) is 3.37. The molecule has 110 valence electrons. The van der Waals surface area contributed by atoms with Crippen molar-refractivity contribution < 1.29 is 14.7 Å². The average Bonchev–Trinajstić information content (AvgIpc) is 2.27. The molecular formula is C14H21N3O3. The summed E-state index contributed by atoms with van der Waals surface area (Å²) < 4.78 is 0. The fourth-order valence-electron chi connectivity index (χ4n) is 2.42. The van der Waals surface area contributed by atoms with E-state index in [1.165, 1.54) is 4.90 Å². The van der Waals surface area contributed by atoms with Gasteiger partial charge in [0.2, 0.25) is 0 Å². The standard InChI is InChI=1S/C14H21N3O3/c1-9(8-12(18)19)17(13(16)20)14(2,3)10-4-6-11(15)7-5-10/h4-7,9H,8,15H2,1-3H3,(H2,16,20)(H,18,19). The number of nitrogen functional groups attached to an aromatic ring is 1. The van der Waals surface area contributed by atoms with Crippen molar-refractivity contribution in [3.63, 3.8) is 0 Å². The second kappa shape index (κ2) is 5.81. The average molecular weight is 279 g/mol. The van der Waals surface area contributed by atoms with Crippen LogP contribution in [0.1, 0.15) is 32.8 Å². The predicted octanol–water partition coefficient (Wildman–Crippen LogP) is 1.75. The molecule has 0 aromatic heterocycles. The zero-order valence-electron chi connectivity index (χ0n) is 12.0. The zero-order chi connectivity index (χ0) is 15.5. The van der Waals surface area contributed by atoms with E-state index in [-0.39, 0.29) is 6.42 Å². The van der Waals surface area contributed by atoms with Gasteiger partial charge in [-0.15, -0.1) is 0 Å². The number of hydrogen-bond donors (Lipinski definition) is 3. The van der Waals surface area contributed by atoms with Crippen LogP contribution in [0, 0.1) is 0 Å². The number of nitrogens with two attached hydrogens (primary N) is 2. The van der Waals surface area contributed by atoms with E-state index in [1.807, 2.05) is 13.8 Å². The zero-order valence-corrected chi connectivity index (χ0v) is 12.0. The number of aliphatic carboxylic acids is 1. The lowest BCUT2D eigenvalue weighted by Crippen LogP contribution is -2.53. The molecular weight excluding hydrogens is 258 g/mol. The number of carbonyl (C=O) groups is 2. The lowest BCUT2D eigenvalue weighted by atomic mass is 9.90. The van der Waals surface area contributed by atoms with Crippen LogP contribution in [0.5, 0.6) is 0 Å². The van der Waals surface area contributed by atoms with Crippen molar-refractivity contribution in [3.8, 4) is 0 Å². The molecule has 0 spiro atoms. The van der Waals surface area contributed by atoms with Gasteiger partial charge in [-0.1, -0.05) is 12.1 Å². The first-order valence-electron chi connectivity index (χ1n) is 6.33. The summed E-state index contributed by atoms with van der Waals surface area (Å²) >= 11 is 0. The van der Waals surface area contributed by atoms with Gasteiger partial charge in [0.15, 0.2) is 0 Å². The highest BCUT2D eigenvalue weighted by molar-refractivity contribution is 5.75. The molecule has 6 nitrogen and oxygen atoms in total. The summed E-state index contributed by atoms with van der Waals surface area (Å²) in [6, 6.07) is 5.91. The molecule has 1 aromatic carbocycles. The van der Waals surface area contributed by atoms with Crippen molar-refractivity contribution in [1.82, 2.24) is 4.90 Å². The van der Waals surface area contributed by atoms with Gasteiger partial charge in [0.05, 0.1) is 12.0 Å². The van der Waals surface area contributed by atoms with Gasteiger partial charge in [-0.2, -0.15) is 0 Å². The first kappa shape index (κ1) is 15.8. The van der Waals surface area contributed by atoms with Gasteiger partial charge in [0, 0.05) is 11.7 Å². The minimum Gasteiger partial charge on any atom is -0.481 e. The van der Waals surface area contributed by atoms with E-state index in [0.29, 0.717) is 5.69 Å². The lowest BCUT2D eigenvalue weighted by molar-refractivity contribution is -0.138. The Labute approximate surface area is 118 Å². The van der Waals surface area contributed by atoms with Crippen molar-refractivity contribution in [2.45, 2.75) is 38.8 Å². The predicted molar refractivity (Wildman–Crippen MR) is 77.0 cm³/mol.